The average molecular weight is 462 g/mol. The number of nitrogens with one attached hydrogen (secondary N) is 3. The highest BCUT2D eigenvalue weighted by Gasteiger charge is 1.99. The number of benzene rings is 1. The van der Waals surface area contributed by atoms with Gasteiger partial charge in [0.25, 0.3) is 0 Å². The number of aliphatic imine (C=N–C) groups is 1. The standard InChI is InChI=1S/C19H34N4O.HI/c1-5-20-19(22-12-6-7-16(2)3)23-15-17-8-10-18(11-9-17)21-13-14-24-4;/h8-11,16,21H,5-7,12-15H2,1-4H3,(H2,20,22,23);1H. The predicted octanol–water partition coefficient (Wildman–Crippen LogP) is 3.85. The quantitative estimate of drug-likeness (QED) is 0.202. The van der Waals surface area contributed by atoms with Crippen LogP contribution in [0, 0.1) is 5.92 Å². The van der Waals surface area contributed by atoms with Crippen molar-refractivity contribution < 1.29 is 4.74 Å². The number of anilines is 1. The van der Waals surface area contributed by atoms with Gasteiger partial charge in [-0.1, -0.05) is 26.0 Å². The molecule has 0 bridgehead atoms. The van der Waals surface area contributed by atoms with Crippen molar-refractivity contribution in [2.75, 3.05) is 38.7 Å². The summed E-state index contributed by atoms with van der Waals surface area (Å²) in [5.74, 6) is 1.64. The van der Waals surface area contributed by atoms with Crippen LogP contribution < -0.4 is 16.0 Å². The van der Waals surface area contributed by atoms with Gasteiger partial charge < -0.3 is 20.7 Å². The minimum absolute atomic E-state index is 0. The van der Waals surface area contributed by atoms with Gasteiger partial charge in [0.15, 0.2) is 5.96 Å². The topological polar surface area (TPSA) is 57.7 Å². The molecule has 1 rings (SSSR count). The Labute approximate surface area is 170 Å². The summed E-state index contributed by atoms with van der Waals surface area (Å²) in [6, 6.07) is 8.40. The highest BCUT2D eigenvalue weighted by Crippen LogP contribution is 2.10. The molecule has 0 aliphatic rings. The summed E-state index contributed by atoms with van der Waals surface area (Å²) < 4.78 is 5.03. The molecule has 0 fully saturated rings. The van der Waals surface area contributed by atoms with E-state index in [1.165, 1.54) is 18.4 Å². The number of nitrogens with zero attached hydrogens (tertiary/aromatic N) is 1. The summed E-state index contributed by atoms with van der Waals surface area (Å²) in [4.78, 5) is 4.66. The number of rotatable bonds is 11. The van der Waals surface area contributed by atoms with Crippen molar-refractivity contribution >= 4 is 35.6 Å². The lowest BCUT2D eigenvalue weighted by Crippen LogP contribution is -2.37. The fourth-order valence-electron chi connectivity index (χ4n) is 2.25. The van der Waals surface area contributed by atoms with Gasteiger partial charge in [0.2, 0.25) is 0 Å². The molecule has 5 nitrogen and oxygen atoms in total. The number of halogens is 1. The third-order valence-corrected chi connectivity index (χ3v) is 3.60. The van der Waals surface area contributed by atoms with Crippen LogP contribution in [0.4, 0.5) is 5.69 Å². The van der Waals surface area contributed by atoms with E-state index in [4.69, 9.17) is 4.74 Å². The molecule has 0 spiro atoms. The maximum atomic E-state index is 5.03. The van der Waals surface area contributed by atoms with Gasteiger partial charge in [0.05, 0.1) is 13.2 Å². The Morgan fingerprint density at radius 3 is 2.44 bits per heavy atom. The third kappa shape index (κ3) is 12.0. The van der Waals surface area contributed by atoms with Crippen molar-refractivity contribution in [1.29, 1.82) is 0 Å². The highest BCUT2D eigenvalue weighted by molar-refractivity contribution is 14.0. The van der Waals surface area contributed by atoms with E-state index >= 15 is 0 Å². The lowest BCUT2D eigenvalue weighted by molar-refractivity contribution is 0.211. The Kier molecular flexibility index (Phi) is 14.6. The molecule has 0 saturated carbocycles. The van der Waals surface area contributed by atoms with Crippen LogP contribution >= 0.6 is 24.0 Å². The predicted molar refractivity (Wildman–Crippen MR) is 119 cm³/mol. The van der Waals surface area contributed by atoms with Crippen molar-refractivity contribution in [3.05, 3.63) is 29.8 Å². The molecule has 0 heterocycles. The van der Waals surface area contributed by atoms with Crippen LogP contribution in [0.15, 0.2) is 29.3 Å². The maximum absolute atomic E-state index is 5.03. The summed E-state index contributed by atoms with van der Waals surface area (Å²) in [7, 11) is 1.71. The van der Waals surface area contributed by atoms with Crippen molar-refractivity contribution in [2.24, 2.45) is 10.9 Å². The molecule has 144 valence electrons. The number of ether oxygens (including phenoxy) is 1. The van der Waals surface area contributed by atoms with Gasteiger partial charge in [-0.05, 0) is 43.4 Å². The van der Waals surface area contributed by atoms with Crippen molar-refractivity contribution in [3.63, 3.8) is 0 Å². The maximum Gasteiger partial charge on any atom is 0.191 e. The van der Waals surface area contributed by atoms with E-state index in [0.29, 0.717) is 13.2 Å². The molecule has 0 radical (unpaired) electrons. The first-order valence-electron chi connectivity index (χ1n) is 8.99. The summed E-state index contributed by atoms with van der Waals surface area (Å²) in [6.07, 6.45) is 2.41. The fraction of sp³-hybridized carbons (Fsp3) is 0.632. The van der Waals surface area contributed by atoms with Gasteiger partial charge in [-0.2, -0.15) is 0 Å². The minimum atomic E-state index is 0. The van der Waals surface area contributed by atoms with Crippen molar-refractivity contribution in [1.82, 2.24) is 10.6 Å². The molecule has 0 aliphatic heterocycles. The monoisotopic (exact) mass is 462 g/mol. The smallest absolute Gasteiger partial charge is 0.191 e. The molecule has 0 aromatic heterocycles. The second-order valence-electron chi connectivity index (χ2n) is 6.27. The normalized spacial score (nSPS) is 11.2. The van der Waals surface area contributed by atoms with Crippen LogP contribution in [0.25, 0.3) is 0 Å². The number of methoxy groups -OCH3 is 1. The summed E-state index contributed by atoms with van der Waals surface area (Å²) in [5.41, 5.74) is 2.31. The first kappa shape index (κ1) is 24.0. The van der Waals surface area contributed by atoms with Crippen LogP contribution in [0.5, 0.6) is 0 Å². The molecule has 1 aromatic rings. The van der Waals surface area contributed by atoms with Gasteiger partial charge in [-0.25, -0.2) is 4.99 Å². The molecule has 3 N–H and O–H groups in total. The molecule has 0 saturated heterocycles. The fourth-order valence-corrected chi connectivity index (χ4v) is 2.25. The van der Waals surface area contributed by atoms with Gasteiger partial charge >= 0.3 is 0 Å². The summed E-state index contributed by atoms with van der Waals surface area (Å²) in [5, 5.41) is 10.0. The van der Waals surface area contributed by atoms with E-state index < -0.39 is 0 Å². The zero-order valence-corrected chi connectivity index (χ0v) is 18.4. The van der Waals surface area contributed by atoms with Crippen LogP contribution in [0.2, 0.25) is 0 Å². The second kappa shape index (κ2) is 15.3. The number of hydrogen-bond acceptors (Lipinski definition) is 3. The SMILES string of the molecule is CCNC(=NCc1ccc(NCCOC)cc1)NCCCC(C)C.I. The zero-order valence-electron chi connectivity index (χ0n) is 16.1. The van der Waals surface area contributed by atoms with Crippen LogP contribution in [0.3, 0.4) is 0 Å². The summed E-state index contributed by atoms with van der Waals surface area (Å²) in [6.45, 7) is 10.6. The molecular weight excluding hydrogens is 427 g/mol. The molecular formula is C19H35IN4O. The van der Waals surface area contributed by atoms with E-state index in [2.05, 4.69) is 66.0 Å². The van der Waals surface area contributed by atoms with E-state index in [1.807, 2.05) is 0 Å². The highest BCUT2D eigenvalue weighted by atomic mass is 127. The second-order valence-corrected chi connectivity index (χ2v) is 6.27. The van der Waals surface area contributed by atoms with Gasteiger partial charge in [0.1, 0.15) is 0 Å². The van der Waals surface area contributed by atoms with Gasteiger partial charge in [-0.15, -0.1) is 24.0 Å². The number of hydrogen-bond donors (Lipinski definition) is 3. The third-order valence-electron chi connectivity index (χ3n) is 3.60. The van der Waals surface area contributed by atoms with E-state index in [1.54, 1.807) is 7.11 Å². The average Bonchev–Trinajstić information content (AvgIpc) is 2.57. The molecule has 0 unspecified atom stereocenters. The molecule has 6 heteroatoms. The Bertz CT molecular complexity index is 463. The minimum Gasteiger partial charge on any atom is -0.383 e. The van der Waals surface area contributed by atoms with Crippen LogP contribution in [0.1, 0.15) is 39.2 Å². The van der Waals surface area contributed by atoms with Crippen LogP contribution in [-0.4, -0.2) is 39.3 Å². The molecule has 0 atom stereocenters. The van der Waals surface area contributed by atoms with Crippen LogP contribution in [-0.2, 0) is 11.3 Å². The molecule has 0 aliphatic carbocycles. The van der Waals surface area contributed by atoms with E-state index in [-0.39, 0.29) is 24.0 Å². The van der Waals surface area contributed by atoms with Crippen molar-refractivity contribution in [2.45, 2.75) is 40.2 Å². The lowest BCUT2D eigenvalue weighted by atomic mass is 10.1. The van der Waals surface area contributed by atoms with Gasteiger partial charge in [0, 0.05) is 32.4 Å². The zero-order chi connectivity index (χ0) is 17.6. The van der Waals surface area contributed by atoms with Gasteiger partial charge in [-0.3, -0.25) is 0 Å². The molecule has 0 amide bonds. The molecule has 25 heavy (non-hydrogen) atoms. The van der Waals surface area contributed by atoms with E-state index in [9.17, 15) is 0 Å². The number of guanidine groups is 1. The lowest BCUT2D eigenvalue weighted by Gasteiger charge is -2.12. The Balaban J connectivity index is 0.00000576. The Morgan fingerprint density at radius 2 is 1.84 bits per heavy atom. The Morgan fingerprint density at radius 1 is 1.12 bits per heavy atom. The summed E-state index contributed by atoms with van der Waals surface area (Å²) >= 11 is 0. The first-order chi connectivity index (χ1) is 11.7. The Hall–Kier alpha value is -1.02. The molecule has 1 aromatic carbocycles. The van der Waals surface area contributed by atoms with Crippen molar-refractivity contribution in [3.8, 4) is 0 Å². The first-order valence-corrected chi connectivity index (χ1v) is 8.99. The largest absolute Gasteiger partial charge is 0.383 e. The van der Waals surface area contributed by atoms with E-state index in [0.717, 1.165) is 37.2 Å².